The molecule has 0 aromatic carbocycles. The van der Waals surface area contributed by atoms with Crippen LogP contribution in [0.4, 0.5) is 0 Å². The van der Waals surface area contributed by atoms with Crippen LogP contribution in [0.5, 0.6) is 0 Å². The van der Waals surface area contributed by atoms with E-state index in [-0.39, 0.29) is 0 Å². The Balaban J connectivity index is 2.21. The van der Waals surface area contributed by atoms with E-state index in [1.54, 1.807) is 0 Å². The van der Waals surface area contributed by atoms with E-state index < -0.39 is 0 Å². The first-order chi connectivity index (χ1) is 6.29. The van der Waals surface area contributed by atoms with Crippen molar-refractivity contribution in [1.29, 1.82) is 0 Å². The average Bonchev–Trinajstić information content (AvgIpc) is 2.45. The van der Waals surface area contributed by atoms with Crippen molar-refractivity contribution in [3.63, 3.8) is 0 Å². The fraction of sp³-hybridized carbons (Fsp3) is 0.545. The van der Waals surface area contributed by atoms with Gasteiger partial charge in [0.1, 0.15) is 7.05 Å². The zero-order valence-corrected chi connectivity index (χ0v) is 8.51. The van der Waals surface area contributed by atoms with E-state index in [0.717, 1.165) is 16.9 Å². The van der Waals surface area contributed by atoms with Crippen LogP contribution in [0.2, 0.25) is 5.02 Å². The summed E-state index contributed by atoms with van der Waals surface area (Å²) in [5.41, 5.74) is 2.93. The molecule has 2 aliphatic carbocycles. The lowest BCUT2D eigenvalue weighted by atomic mass is 9.73. The first-order valence-corrected chi connectivity index (χ1v) is 5.35. The molecule has 0 spiro atoms. The Kier molecular flexibility index (Phi) is 1.49. The van der Waals surface area contributed by atoms with Gasteiger partial charge in [-0.1, -0.05) is 18.0 Å². The molecule has 2 unspecified atom stereocenters. The smallest absolute Gasteiger partial charge is 0.189 e. The van der Waals surface area contributed by atoms with Crippen molar-refractivity contribution < 1.29 is 4.57 Å². The number of nitrogens with zero attached hydrogens (tertiary/aromatic N) is 1. The van der Waals surface area contributed by atoms with E-state index in [1.165, 1.54) is 30.5 Å². The van der Waals surface area contributed by atoms with Crippen LogP contribution in [0.1, 0.15) is 42.4 Å². The second-order valence-electron chi connectivity index (χ2n) is 4.22. The second kappa shape index (κ2) is 2.48. The molecule has 1 aromatic heterocycles. The van der Waals surface area contributed by atoms with E-state index >= 15 is 0 Å². The number of hydrogen-bond donors (Lipinski definition) is 0. The summed E-state index contributed by atoms with van der Waals surface area (Å²) < 4.78 is 2.24. The number of aryl methyl sites for hydroxylation is 1. The normalized spacial score (nSPS) is 29.4. The molecule has 0 bridgehead atoms. The van der Waals surface area contributed by atoms with Crippen LogP contribution in [0, 0.1) is 0 Å². The maximum absolute atomic E-state index is 6.19. The summed E-state index contributed by atoms with van der Waals surface area (Å²) in [7, 11) is 2.13. The molecule has 1 aromatic rings. The molecule has 1 saturated carbocycles. The van der Waals surface area contributed by atoms with Crippen LogP contribution in [-0.2, 0) is 7.05 Å². The SMILES string of the molecule is C[n+]1ccc(Cl)c2c1C1CCCC21. The minimum absolute atomic E-state index is 0.787. The van der Waals surface area contributed by atoms with Crippen molar-refractivity contribution in [2.45, 2.75) is 31.1 Å². The van der Waals surface area contributed by atoms with Gasteiger partial charge < -0.3 is 0 Å². The van der Waals surface area contributed by atoms with E-state index in [1.807, 2.05) is 6.07 Å². The number of fused-ring (bicyclic) bond motifs is 4. The third kappa shape index (κ3) is 0.859. The van der Waals surface area contributed by atoms with Crippen molar-refractivity contribution in [1.82, 2.24) is 0 Å². The Bertz CT molecular complexity index is 338. The summed E-state index contributed by atoms with van der Waals surface area (Å²) in [6.07, 6.45) is 6.17. The topological polar surface area (TPSA) is 3.88 Å². The molecule has 0 N–H and O–H groups in total. The summed E-state index contributed by atoms with van der Waals surface area (Å²) in [4.78, 5) is 0. The molecule has 0 saturated heterocycles. The molecule has 0 aliphatic heterocycles. The molecular weight excluding hydrogens is 182 g/mol. The Morgan fingerprint density at radius 2 is 2.15 bits per heavy atom. The van der Waals surface area contributed by atoms with Crippen LogP contribution in [0.15, 0.2) is 12.3 Å². The lowest BCUT2D eigenvalue weighted by molar-refractivity contribution is -0.683. The number of pyridine rings is 1. The van der Waals surface area contributed by atoms with Gasteiger partial charge in [0, 0.05) is 17.5 Å². The maximum Gasteiger partial charge on any atom is 0.189 e. The average molecular weight is 195 g/mol. The quantitative estimate of drug-likeness (QED) is 0.559. The van der Waals surface area contributed by atoms with E-state index in [9.17, 15) is 0 Å². The van der Waals surface area contributed by atoms with Crippen LogP contribution < -0.4 is 4.57 Å². The predicted octanol–water partition coefficient (Wildman–Crippen LogP) is 2.53. The van der Waals surface area contributed by atoms with Crippen molar-refractivity contribution in [3.8, 4) is 0 Å². The molecule has 1 fully saturated rings. The van der Waals surface area contributed by atoms with Gasteiger partial charge in [0.05, 0.1) is 10.9 Å². The van der Waals surface area contributed by atoms with Crippen LogP contribution in [0.25, 0.3) is 0 Å². The Hall–Kier alpha value is -0.560. The summed E-state index contributed by atoms with van der Waals surface area (Å²) in [6.45, 7) is 0. The summed E-state index contributed by atoms with van der Waals surface area (Å²) in [5.74, 6) is 1.61. The maximum atomic E-state index is 6.19. The van der Waals surface area contributed by atoms with Gasteiger partial charge in [-0.3, -0.25) is 0 Å². The molecule has 0 amide bonds. The Morgan fingerprint density at radius 1 is 1.38 bits per heavy atom. The monoisotopic (exact) mass is 194 g/mol. The van der Waals surface area contributed by atoms with E-state index in [4.69, 9.17) is 11.6 Å². The molecule has 1 nitrogen and oxygen atoms in total. The highest BCUT2D eigenvalue weighted by molar-refractivity contribution is 6.31. The van der Waals surface area contributed by atoms with Gasteiger partial charge in [0.2, 0.25) is 0 Å². The van der Waals surface area contributed by atoms with Gasteiger partial charge in [-0.25, -0.2) is 4.57 Å². The molecule has 2 heteroatoms. The molecule has 3 rings (SSSR count). The first kappa shape index (κ1) is 7.81. The van der Waals surface area contributed by atoms with Gasteiger partial charge in [-0.05, 0) is 12.8 Å². The highest BCUT2D eigenvalue weighted by atomic mass is 35.5. The van der Waals surface area contributed by atoms with Crippen molar-refractivity contribution in [3.05, 3.63) is 28.5 Å². The molecule has 0 radical (unpaired) electrons. The minimum atomic E-state index is 0.787. The minimum Gasteiger partial charge on any atom is -0.205 e. The molecule has 13 heavy (non-hydrogen) atoms. The van der Waals surface area contributed by atoms with Crippen molar-refractivity contribution >= 4 is 11.6 Å². The van der Waals surface area contributed by atoms with Gasteiger partial charge in [0.15, 0.2) is 11.9 Å². The zero-order valence-electron chi connectivity index (χ0n) is 7.76. The molecule has 2 aliphatic rings. The second-order valence-corrected chi connectivity index (χ2v) is 4.62. The largest absolute Gasteiger partial charge is 0.205 e. The number of hydrogen-bond acceptors (Lipinski definition) is 0. The highest BCUT2D eigenvalue weighted by Crippen LogP contribution is 2.56. The Morgan fingerprint density at radius 3 is 3.00 bits per heavy atom. The van der Waals surface area contributed by atoms with Crippen LogP contribution in [0.3, 0.4) is 0 Å². The van der Waals surface area contributed by atoms with Gasteiger partial charge in [-0.2, -0.15) is 0 Å². The first-order valence-electron chi connectivity index (χ1n) is 4.97. The van der Waals surface area contributed by atoms with Gasteiger partial charge >= 0.3 is 0 Å². The molecule has 68 valence electrons. The summed E-state index contributed by atoms with van der Waals surface area (Å²) in [6, 6.07) is 2.02. The van der Waals surface area contributed by atoms with E-state index in [2.05, 4.69) is 17.8 Å². The molecule has 1 heterocycles. The fourth-order valence-electron chi connectivity index (χ4n) is 3.02. The van der Waals surface area contributed by atoms with Crippen molar-refractivity contribution in [2.75, 3.05) is 0 Å². The highest BCUT2D eigenvalue weighted by Gasteiger charge is 2.48. The number of halogens is 1. The third-order valence-electron chi connectivity index (χ3n) is 3.60. The number of aromatic nitrogens is 1. The zero-order chi connectivity index (χ0) is 9.00. The summed E-state index contributed by atoms with van der Waals surface area (Å²) in [5, 5.41) is 0.983. The number of rotatable bonds is 0. The fourth-order valence-corrected chi connectivity index (χ4v) is 3.32. The van der Waals surface area contributed by atoms with Gasteiger partial charge in [0.25, 0.3) is 0 Å². The molecule has 2 atom stereocenters. The van der Waals surface area contributed by atoms with Crippen molar-refractivity contribution in [2.24, 2.45) is 7.05 Å². The Labute approximate surface area is 83.3 Å². The molecular formula is C11H13ClN+. The summed E-state index contributed by atoms with van der Waals surface area (Å²) >= 11 is 6.19. The van der Waals surface area contributed by atoms with Crippen LogP contribution >= 0.6 is 11.6 Å². The standard InChI is InChI=1S/C11H13ClN/c1-13-6-5-9(12)10-7-3-2-4-8(7)11(10)13/h5-8H,2-4H2,1H3/q+1. The lowest BCUT2D eigenvalue weighted by Crippen LogP contribution is -2.42. The predicted molar refractivity (Wildman–Crippen MR) is 52.0 cm³/mol. The van der Waals surface area contributed by atoms with Gasteiger partial charge in [-0.15, -0.1) is 0 Å². The lowest BCUT2D eigenvalue weighted by Gasteiger charge is -2.31. The third-order valence-corrected chi connectivity index (χ3v) is 3.93. The van der Waals surface area contributed by atoms with E-state index in [0.29, 0.717) is 0 Å². The van der Waals surface area contributed by atoms with Crippen LogP contribution in [-0.4, -0.2) is 0 Å².